The molecule has 0 spiro atoms. The lowest BCUT2D eigenvalue weighted by Crippen LogP contribution is -2.45. The van der Waals surface area contributed by atoms with Crippen molar-refractivity contribution in [3.63, 3.8) is 0 Å². The van der Waals surface area contributed by atoms with Crippen LogP contribution in [0.15, 0.2) is 47.4 Å². The summed E-state index contributed by atoms with van der Waals surface area (Å²) in [5, 5.41) is -0.475. The highest BCUT2D eigenvalue weighted by Gasteiger charge is 2.40. The van der Waals surface area contributed by atoms with Crippen LogP contribution in [0.3, 0.4) is 0 Å². The highest BCUT2D eigenvalue weighted by atomic mass is 32.2. The molecule has 0 fully saturated rings. The van der Waals surface area contributed by atoms with Gasteiger partial charge in [-0.05, 0) is 44.8 Å². The van der Waals surface area contributed by atoms with Crippen molar-refractivity contribution >= 4 is 29.3 Å². The Labute approximate surface area is 174 Å². The molecule has 2 aromatic rings. The minimum absolute atomic E-state index is 0.300. The normalized spacial score (nSPS) is 19.1. The van der Waals surface area contributed by atoms with Gasteiger partial charge in [-0.1, -0.05) is 29.8 Å². The second-order valence-electron chi connectivity index (χ2n) is 7.38. The Morgan fingerprint density at radius 1 is 1.21 bits per heavy atom. The predicted octanol–water partition coefficient (Wildman–Crippen LogP) is 3.81. The number of carbonyl (C=O) groups excluding carboxylic acids is 2. The number of ether oxygens (including phenoxy) is 1. The van der Waals surface area contributed by atoms with Crippen molar-refractivity contribution < 1.29 is 18.7 Å². The summed E-state index contributed by atoms with van der Waals surface area (Å²) < 4.78 is 19.6. The van der Waals surface area contributed by atoms with Crippen molar-refractivity contribution in [1.29, 1.82) is 0 Å². The average Bonchev–Trinajstić information content (AvgIpc) is 2.76. The lowest BCUT2D eigenvalue weighted by atomic mass is 10.0. The number of fused-ring (bicyclic) bond motifs is 1. The van der Waals surface area contributed by atoms with E-state index in [1.807, 2.05) is 50.2 Å². The van der Waals surface area contributed by atoms with Gasteiger partial charge < -0.3 is 14.5 Å². The predicted molar refractivity (Wildman–Crippen MR) is 113 cm³/mol. The minimum atomic E-state index is -1.00. The van der Waals surface area contributed by atoms with Gasteiger partial charge in [0.25, 0.3) is 5.91 Å². The highest BCUT2D eigenvalue weighted by Crippen LogP contribution is 2.47. The zero-order chi connectivity index (χ0) is 21.1. The van der Waals surface area contributed by atoms with Crippen LogP contribution in [0.2, 0.25) is 0 Å². The molecule has 0 saturated heterocycles. The molecule has 1 aliphatic rings. The fourth-order valence-corrected chi connectivity index (χ4v) is 4.57. The van der Waals surface area contributed by atoms with E-state index in [0.717, 1.165) is 11.1 Å². The Morgan fingerprint density at radius 3 is 2.52 bits per heavy atom. The van der Waals surface area contributed by atoms with Crippen LogP contribution < -0.4 is 4.90 Å². The molecule has 0 bridgehead atoms. The lowest BCUT2D eigenvalue weighted by molar-refractivity contribution is -0.152. The summed E-state index contributed by atoms with van der Waals surface area (Å²) in [5.74, 6) is -1.19. The van der Waals surface area contributed by atoms with Gasteiger partial charge in [0, 0.05) is 24.9 Å². The Kier molecular flexibility index (Phi) is 6.59. The fraction of sp³-hybridized carbons (Fsp3) is 0.364. The van der Waals surface area contributed by atoms with Crippen LogP contribution in [0.4, 0.5) is 10.1 Å². The van der Waals surface area contributed by atoms with Crippen molar-refractivity contribution in [1.82, 2.24) is 4.90 Å². The molecule has 29 heavy (non-hydrogen) atoms. The van der Waals surface area contributed by atoms with E-state index in [-0.39, 0.29) is 11.7 Å². The van der Waals surface area contributed by atoms with Crippen molar-refractivity contribution in [2.75, 3.05) is 32.1 Å². The number of hydrogen-bond acceptors (Lipinski definition) is 5. The summed E-state index contributed by atoms with van der Waals surface area (Å²) in [6, 6.07) is 12.2. The number of likely N-dealkylation sites (N-methyl/N-ethyl adjacent to an activating group) is 1. The second-order valence-corrected chi connectivity index (χ2v) is 8.57. The third kappa shape index (κ3) is 4.97. The molecule has 2 atom stereocenters. The lowest BCUT2D eigenvalue weighted by Gasteiger charge is -2.28. The first kappa shape index (κ1) is 21.3. The summed E-state index contributed by atoms with van der Waals surface area (Å²) in [6.45, 7) is 4.30. The minimum Gasteiger partial charge on any atom is -0.451 e. The molecule has 0 aliphatic carbocycles. The smallest absolute Gasteiger partial charge is 0.303 e. The maximum atomic E-state index is 14.0. The Hall–Kier alpha value is -2.38. The van der Waals surface area contributed by atoms with Gasteiger partial charge in [-0.2, -0.15) is 0 Å². The van der Waals surface area contributed by atoms with Gasteiger partial charge in [0.05, 0.1) is 10.9 Å². The standard InChI is InChI=1S/C22H25FN2O3S/c1-14-5-7-16(8-6-14)21-20(28-15(2)26)22(27)25(12-11-24(3)4)18-10-9-17(23)13-19(18)29-21/h5-10,13,20-21H,11-12H2,1-4H3/t20-,21+/m1/s1. The van der Waals surface area contributed by atoms with Crippen molar-refractivity contribution in [2.24, 2.45) is 0 Å². The van der Waals surface area contributed by atoms with Crippen LogP contribution in [-0.2, 0) is 14.3 Å². The van der Waals surface area contributed by atoms with E-state index in [1.165, 1.54) is 30.8 Å². The fourth-order valence-electron chi connectivity index (χ4n) is 3.23. The van der Waals surface area contributed by atoms with Crippen molar-refractivity contribution in [3.8, 4) is 0 Å². The van der Waals surface area contributed by atoms with Crippen molar-refractivity contribution in [2.45, 2.75) is 30.1 Å². The molecule has 1 aliphatic heterocycles. The van der Waals surface area contributed by atoms with E-state index in [2.05, 4.69) is 0 Å². The van der Waals surface area contributed by atoms with E-state index in [4.69, 9.17) is 4.74 Å². The third-order valence-electron chi connectivity index (χ3n) is 4.72. The first-order valence-electron chi connectivity index (χ1n) is 9.42. The summed E-state index contributed by atoms with van der Waals surface area (Å²) in [4.78, 5) is 29.6. The second kappa shape index (κ2) is 8.97. The zero-order valence-electron chi connectivity index (χ0n) is 17.0. The van der Waals surface area contributed by atoms with E-state index < -0.39 is 17.3 Å². The number of carbonyl (C=O) groups is 2. The van der Waals surface area contributed by atoms with Crippen LogP contribution in [-0.4, -0.2) is 50.1 Å². The molecule has 0 N–H and O–H groups in total. The summed E-state index contributed by atoms with van der Waals surface area (Å²) in [5.41, 5.74) is 2.57. The molecule has 0 unspecified atom stereocenters. The summed E-state index contributed by atoms with van der Waals surface area (Å²) in [7, 11) is 3.84. The average molecular weight is 417 g/mol. The first-order valence-corrected chi connectivity index (χ1v) is 10.3. The Morgan fingerprint density at radius 2 is 1.90 bits per heavy atom. The van der Waals surface area contributed by atoms with Crippen molar-refractivity contribution in [3.05, 3.63) is 59.4 Å². The number of benzene rings is 2. The molecule has 5 nitrogen and oxygen atoms in total. The molecule has 1 heterocycles. The number of hydrogen-bond donors (Lipinski definition) is 0. The van der Waals surface area contributed by atoms with Crippen LogP contribution in [0.25, 0.3) is 0 Å². The van der Waals surface area contributed by atoms with Crippen LogP contribution >= 0.6 is 11.8 Å². The number of aryl methyl sites for hydroxylation is 1. The molecule has 3 rings (SSSR count). The van der Waals surface area contributed by atoms with Gasteiger partial charge in [0.15, 0.2) is 6.10 Å². The van der Waals surface area contributed by atoms with E-state index in [0.29, 0.717) is 23.7 Å². The van der Waals surface area contributed by atoms with Crippen LogP contribution in [0.1, 0.15) is 23.3 Å². The third-order valence-corrected chi connectivity index (χ3v) is 6.07. The molecule has 2 aromatic carbocycles. The van der Waals surface area contributed by atoms with Gasteiger partial charge in [-0.3, -0.25) is 9.59 Å². The maximum Gasteiger partial charge on any atom is 0.303 e. The number of anilines is 1. The first-order chi connectivity index (χ1) is 13.8. The van der Waals surface area contributed by atoms with E-state index >= 15 is 0 Å². The number of halogens is 1. The van der Waals surface area contributed by atoms with E-state index in [9.17, 15) is 14.0 Å². The Balaban J connectivity index is 2.10. The molecular weight excluding hydrogens is 391 g/mol. The molecule has 1 amide bonds. The van der Waals surface area contributed by atoms with Gasteiger partial charge in [0.1, 0.15) is 5.82 Å². The SMILES string of the molecule is CC(=O)O[C@H]1C(=O)N(CCN(C)C)c2ccc(F)cc2S[C@H]1c1ccc(C)cc1. The van der Waals surface area contributed by atoms with Crippen LogP contribution in [0.5, 0.6) is 0 Å². The largest absolute Gasteiger partial charge is 0.451 e. The monoisotopic (exact) mass is 416 g/mol. The molecule has 7 heteroatoms. The molecule has 154 valence electrons. The number of esters is 1. The topological polar surface area (TPSA) is 49.9 Å². The molecule has 0 aromatic heterocycles. The highest BCUT2D eigenvalue weighted by molar-refractivity contribution is 7.99. The number of amides is 1. The summed E-state index contributed by atoms with van der Waals surface area (Å²) in [6.07, 6.45) is -1.00. The number of rotatable bonds is 5. The van der Waals surface area contributed by atoms with Gasteiger partial charge in [0.2, 0.25) is 0 Å². The summed E-state index contributed by atoms with van der Waals surface area (Å²) >= 11 is 1.35. The van der Waals surface area contributed by atoms with E-state index in [1.54, 1.807) is 11.0 Å². The maximum absolute atomic E-state index is 14.0. The molecule has 0 saturated carbocycles. The number of nitrogens with zero attached hydrogens (tertiary/aromatic N) is 2. The Bertz CT molecular complexity index is 901. The van der Waals surface area contributed by atoms with Gasteiger partial charge in [-0.25, -0.2) is 4.39 Å². The number of thioether (sulfide) groups is 1. The van der Waals surface area contributed by atoms with Crippen LogP contribution in [0, 0.1) is 12.7 Å². The zero-order valence-corrected chi connectivity index (χ0v) is 17.8. The van der Waals surface area contributed by atoms with Gasteiger partial charge >= 0.3 is 5.97 Å². The van der Waals surface area contributed by atoms with Gasteiger partial charge in [-0.15, -0.1) is 11.8 Å². The molecule has 0 radical (unpaired) electrons. The molecular formula is C22H25FN2O3S. The quantitative estimate of drug-likeness (QED) is 0.694.